The van der Waals surface area contributed by atoms with Crippen LogP contribution in [0.15, 0.2) is 53.4 Å². The van der Waals surface area contributed by atoms with Gasteiger partial charge in [-0.15, -0.1) is 0 Å². The first-order valence-electron chi connectivity index (χ1n) is 6.96. The summed E-state index contributed by atoms with van der Waals surface area (Å²) < 4.78 is 0. The van der Waals surface area contributed by atoms with Gasteiger partial charge in [0.15, 0.2) is 0 Å². The molecule has 0 radical (unpaired) electrons. The molecule has 0 saturated heterocycles. The van der Waals surface area contributed by atoms with E-state index in [2.05, 4.69) is 52.6 Å². The summed E-state index contributed by atoms with van der Waals surface area (Å²) in [7, 11) is 0. The van der Waals surface area contributed by atoms with Crippen molar-refractivity contribution in [1.29, 1.82) is 0 Å². The normalized spacial score (nSPS) is 20.4. The van der Waals surface area contributed by atoms with E-state index in [0.717, 1.165) is 12.8 Å². The molecule has 2 heterocycles. The van der Waals surface area contributed by atoms with Crippen molar-refractivity contribution >= 4 is 17.5 Å². The molecule has 0 aromatic heterocycles. The molecular weight excluding hydrogens is 232 g/mol. The van der Waals surface area contributed by atoms with E-state index in [-0.39, 0.29) is 0 Å². The molecule has 19 heavy (non-hydrogen) atoms. The van der Waals surface area contributed by atoms with Crippen LogP contribution in [0.4, 0.5) is 0 Å². The van der Waals surface area contributed by atoms with Crippen molar-refractivity contribution in [2.75, 3.05) is 0 Å². The highest BCUT2D eigenvalue weighted by molar-refractivity contribution is 6.08. The monoisotopic (exact) mass is 248 g/mol. The number of aliphatic imine (C=N–C) groups is 1. The van der Waals surface area contributed by atoms with Crippen molar-refractivity contribution in [1.82, 2.24) is 4.90 Å². The average Bonchev–Trinajstić information content (AvgIpc) is 2.66. The van der Waals surface area contributed by atoms with Crippen molar-refractivity contribution in [2.45, 2.75) is 25.7 Å². The minimum Gasteiger partial charge on any atom is -0.321 e. The number of hydrogen-bond acceptors (Lipinski definition) is 2. The van der Waals surface area contributed by atoms with Gasteiger partial charge in [-0.05, 0) is 42.9 Å². The van der Waals surface area contributed by atoms with Crippen LogP contribution >= 0.6 is 0 Å². The SMILES string of the molecule is C1=CN2C=Cc3ccccc3C2=C2CCCCC2=N1. The Hall–Kier alpha value is -2.09. The van der Waals surface area contributed by atoms with Gasteiger partial charge in [0.1, 0.15) is 0 Å². The number of allylic oxidation sites excluding steroid dienone is 1. The van der Waals surface area contributed by atoms with Crippen LogP contribution in [0.5, 0.6) is 0 Å². The van der Waals surface area contributed by atoms with Crippen LogP contribution in [0, 0.1) is 0 Å². The molecule has 0 amide bonds. The molecule has 1 aromatic carbocycles. The summed E-state index contributed by atoms with van der Waals surface area (Å²) in [6, 6.07) is 8.63. The molecule has 0 atom stereocenters. The van der Waals surface area contributed by atoms with E-state index >= 15 is 0 Å². The third-order valence-electron chi connectivity index (χ3n) is 4.07. The topological polar surface area (TPSA) is 15.6 Å². The Bertz CT molecular complexity index is 647. The molecule has 94 valence electrons. The van der Waals surface area contributed by atoms with Gasteiger partial charge in [-0.3, -0.25) is 4.99 Å². The maximum Gasteiger partial charge on any atom is 0.0578 e. The van der Waals surface area contributed by atoms with Crippen LogP contribution in [0.2, 0.25) is 0 Å². The van der Waals surface area contributed by atoms with Gasteiger partial charge in [0.2, 0.25) is 0 Å². The third-order valence-corrected chi connectivity index (χ3v) is 4.07. The second kappa shape index (κ2) is 4.23. The molecule has 0 spiro atoms. The van der Waals surface area contributed by atoms with Gasteiger partial charge in [-0.1, -0.05) is 24.3 Å². The quantitative estimate of drug-likeness (QED) is 0.672. The number of rotatable bonds is 0. The van der Waals surface area contributed by atoms with E-state index in [4.69, 9.17) is 0 Å². The summed E-state index contributed by atoms with van der Waals surface area (Å²) in [5.41, 5.74) is 6.70. The third kappa shape index (κ3) is 1.67. The Labute approximate surface area is 113 Å². The lowest BCUT2D eigenvalue weighted by atomic mass is 9.87. The van der Waals surface area contributed by atoms with E-state index in [0.29, 0.717) is 0 Å². The molecule has 0 unspecified atom stereocenters. The fourth-order valence-electron chi connectivity index (χ4n) is 3.16. The van der Waals surface area contributed by atoms with Crippen molar-refractivity contribution in [3.8, 4) is 0 Å². The second-order valence-electron chi connectivity index (χ2n) is 5.22. The Morgan fingerprint density at radius 3 is 2.89 bits per heavy atom. The maximum absolute atomic E-state index is 4.64. The van der Waals surface area contributed by atoms with Crippen molar-refractivity contribution < 1.29 is 0 Å². The van der Waals surface area contributed by atoms with Crippen LogP contribution < -0.4 is 0 Å². The largest absolute Gasteiger partial charge is 0.321 e. The Morgan fingerprint density at radius 2 is 1.89 bits per heavy atom. The fraction of sp³-hybridized carbons (Fsp3) is 0.235. The molecule has 1 aliphatic carbocycles. The highest BCUT2D eigenvalue weighted by Crippen LogP contribution is 2.37. The smallest absolute Gasteiger partial charge is 0.0578 e. The van der Waals surface area contributed by atoms with Crippen molar-refractivity contribution in [2.24, 2.45) is 4.99 Å². The predicted molar refractivity (Wildman–Crippen MR) is 79.3 cm³/mol. The summed E-state index contributed by atoms with van der Waals surface area (Å²) in [4.78, 5) is 6.87. The molecule has 2 aliphatic heterocycles. The van der Waals surface area contributed by atoms with Gasteiger partial charge < -0.3 is 4.90 Å². The van der Waals surface area contributed by atoms with Gasteiger partial charge in [-0.2, -0.15) is 0 Å². The molecule has 4 rings (SSSR count). The van der Waals surface area contributed by atoms with Gasteiger partial charge >= 0.3 is 0 Å². The molecule has 2 nitrogen and oxygen atoms in total. The number of hydrogen-bond donors (Lipinski definition) is 0. The molecule has 1 saturated carbocycles. The predicted octanol–water partition coefficient (Wildman–Crippen LogP) is 4.18. The molecule has 1 aromatic rings. The lowest BCUT2D eigenvalue weighted by molar-refractivity contribution is 0.692. The summed E-state index contributed by atoms with van der Waals surface area (Å²) in [5, 5.41) is 0. The van der Waals surface area contributed by atoms with Crippen LogP contribution in [0.3, 0.4) is 0 Å². The minimum absolute atomic E-state index is 1.11. The molecule has 2 heteroatoms. The first-order valence-corrected chi connectivity index (χ1v) is 6.96. The molecule has 3 aliphatic rings. The fourth-order valence-corrected chi connectivity index (χ4v) is 3.16. The van der Waals surface area contributed by atoms with Crippen LogP contribution in [0.25, 0.3) is 11.8 Å². The minimum atomic E-state index is 1.11. The van der Waals surface area contributed by atoms with Crippen LogP contribution in [-0.4, -0.2) is 10.6 Å². The Kier molecular flexibility index (Phi) is 2.41. The zero-order valence-corrected chi connectivity index (χ0v) is 10.8. The molecule has 0 bridgehead atoms. The van der Waals surface area contributed by atoms with Crippen molar-refractivity contribution in [3.63, 3.8) is 0 Å². The van der Waals surface area contributed by atoms with Crippen LogP contribution in [0.1, 0.15) is 36.8 Å². The Balaban J connectivity index is 1.98. The van der Waals surface area contributed by atoms with E-state index in [9.17, 15) is 0 Å². The highest BCUT2D eigenvalue weighted by atomic mass is 15.1. The molecule has 0 N–H and O–H groups in total. The maximum atomic E-state index is 4.64. The van der Waals surface area contributed by atoms with E-state index < -0.39 is 0 Å². The first kappa shape index (κ1) is 10.8. The summed E-state index contributed by atoms with van der Waals surface area (Å²) >= 11 is 0. The molecule has 1 fully saturated rings. The highest BCUT2D eigenvalue weighted by Gasteiger charge is 2.25. The summed E-state index contributed by atoms with van der Waals surface area (Å²) in [6.07, 6.45) is 13.1. The van der Waals surface area contributed by atoms with E-state index in [1.54, 1.807) is 0 Å². The second-order valence-corrected chi connectivity index (χ2v) is 5.22. The van der Waals surface area contributed by atoms with E-state index in [1.165, 1.54) is 41.0 Å². The average molecular weight is 248 g/mol. The zero-order chi connectivity index (χ0) is 12.7. The number of fused-ring (bicyclic) bond motifs is 4. The summed E-state index contributed by atoms with van der Waals surface area (Å²) in [6.45, 7) is 0. The van der Waals surface area contributed by atoms with Gasteiger partial charge in [0.25, 0.3) is 0 Å². The van der Waals surface area contributed by atoms with E-state index in [1.807, 2.05) is 6.20 Å². The van der Waals surface area contributed by atoms with Crippen molar-refractivity contribution in [3.05, 3.63) is 59.6 Å². The van der Waals surface area contributed by atoms with Gasteiger partial charge in [0.05, 0.1) is 5.70 Å². The molecular formula is C17H16N2. The first-order chi connectivity index (χ1) is 9.43. The lowest BCUT2D eigenvalue weighted by Gasteiger charge is -2.29. The van der Waals surface area contributed by atoms with Crippen LogP contribution in [-0.2, 0) is 0 Å². The summed E-state index contributed by atoms with van der Waals surface area (Å²) in [5.74, 6) is 0. The zero-order valence-electron chi connectivity index (χ0n) is 10.8. The Morgan fingerprint density at radius 1 is 1.00 bits per heavy atom. The standard InChI is InChI=1S/C17H16N2/c1-2-6-14-13(5-1)9-11-19-12-10-18-16-8-4-3-7-15(16)17(14)19/h1-2,5-6,9-12H,3-4,7-8H2. The lowest BCUT2D eigenvalue weighted by Crippen LogP contribution is -2.18. The number of benzene rings is 1. The van der Waals surface area contributed by atoms with Gasteiger partial charge in [0, 0.05) is 29.9 Å². The number of nitrogens with zero attached hydrogens (tertiary/aromatic N) is 2. The van der Waals surface area contributed by atoms with Gasteiger partial charge in [-0.25, -0.2) is 0 Å².